The topological polar surface area (TPSA) is 86.7 Å². The molecule has 1 aromatic heterocycles. The molecule has 118 valence electrons. The number of aliphatic imine (C=N–C) groups is 1. The summed E-state index contributed by atoms with van der Waals surface area (Å²) in [6.45, 7) is 2.32. The molecule has 2 rings (SSSR count). The molecule has 0 atom stereocenters. The van der Waals surface area contributed by atoms with Gasteiger partial charge in [-0.15, -0.1) is 0 Å². The van der Waals surface area contributed by atoms with Crippen LogP contribution in [-0.4, -0.2) is 30.0 Å². The number of hydrogen-bond acceptors (Lipinski definition) is 4. The summed E-state index contributed by atoms with van der Waals surface area (Å²) in [6, 6.07) is 7.45. The van der Waals surface area contributed by atoms with Crippen molar-refractivity contribution in [3.8, 4) is 11.6 Å². The van der Waals surface area contributed by atoms with Crippen molar-refractivity contribution in [1.82, 2.24) is 9.78 Å². The number of hydrogen-bond donors (Lipinski definition) is 2. The van der Waals surface area contributed by atoms with Crippen LogP contribution in [0.1, 0.15) is 11.3 Å². The average molecular weight is 303 g/mol. The minimum atomic E-state index is 0.329. The van der Waals surface area contributed by atoms with Gasteiger partial charge >= 0.3 is 0 Å². The Labute approximate surface area is 129 Å². The lowest BCUT2D eigenvalue weighted by molar-refractivity contribution is 0.369. The molecule has 2 aromatic rings. The van der Waals surface area contributed by atoms with Gasteiger partial charge in [-0.25, -0.2) is 9.67 Å². The number of guanidine groups is 1. The van der Waals surface area contributed by atoms with E-state index in [1.165, 1.54) is 0 Å². The Bertz CT molecular complexity index is 661. The van der Waals surface area contributed by atoms with Gasteiger partial charge in [-0.2, -0.15) is 5.10 Å². The van der Waals surface area contributed by atoms with Crippen LogP contribution < -0.4 is 20.5 Å². The summed E-state index contributed by atoms with van der Waals surface area (Å²) in [7, 11) is 5.07. The van der Waals surface area contributed by atoms with E-state index in [9.17, 15) is 0 Å². The number of methoxy groups -OCH3 is 2. The van der Waals surface area contributed by atoms with Crippen molar-refractivity contribution in [3.05, 3.63) is 35.5 Å². The van der Waals surface area contributed by atoms with E-state index < -0.39 is 0 Å². The van der Waals surface area contributed by atoms with Crippen LogP contribution in [0.25, 0.3) is 0 Å². The summed E-state index contributed by atoms with van der Waals surface area (Å²) in [5.41, 5.74) is 8.55. The van der Waals surface area contributed by atoms with Gasteiger partial charge in [-0.05, 0) is 31.2 Å². The molecule has 7 nitrogen and oxygen atoms in total. The first-order chi connectivity index (χ1) is 10.5. The lowest BCUT2D eigenvalue weighted by Gasteiger charge is -2.07. The number of rotatable bonds is 5. The van der Waals surface area contributed by atoms with Gasteiger partial charge in [0.1, 0.15) is 5.75 Å². The van der Waals surface area contributed by atoms with E-state index in [-0.39, 0.29) is 0 Å². The fourth-order valence-corrected chi connectivity index (χ4v) is 2.14. The fraction of sp³-hybridized carbons (Fsp3) is 0.333. The van der Waals surface area contributed by atoms with Crippen LogP contribution in [-0.2, 0) is 13.6 Å². The number of anilines is 1. The first-order valence-corrected chi connectivity index (χ1v) is 6.82. The minimum absolute atomic E-state index is 0.329. The highest BCUT2D eigenvalue weighted by Gasteiger charge is 2.13. The molecular weight excluding hydrogens is 282 g/mol. The zero-order valence-electron chi connectivity index (χ0n) is 13.3. The molecule has 1 aromatic carbocycles. The first kappa shape index (κ1) is 15.7. The summed E-state index contributed by atoms with van der Waals surface area (Å²) >= 11 is 0. The third-order valence-corrected chi connectivity index (χ3v) is 3.25. The standard InChI is InChI=1S/C15H21N5O2/c1-10-13(14(22-4)20(2)19-10)9-17-15(16)18-11-5-7-12(21-3)8-6-11/h5-8H,9H2,1-4H3,(H3,16,17,18). The minimum Gasteiger partial charge on any atom is -0.497 e. The van der Waals surface area contributed by atoms with E-state index >= 15 is 0 Å². The van der Waals surface area contributed by atoms with Crippen molar-refractivity contribution in [3.63, 3.8) is 0 Å². The van der Waals surface area contributed by atoms with E-state index in [0.29, 0.717) is 18.4 Å². The Morgan fingerprint density at radius 2 is 1.95 bits per heavy atom. The highest BCUT2D eigenvalue weighted by Crippen LogP contribution is 2.21. The molecule has 0 fully saturated rings. The van der Waals surface area contributed by atoms with E-state index in [4.69, 9.17) is 15.2 Å². The molecular formula is C15H21N5O2. The van der Waals surface area contributed by atoms with Gasteiger partial charge in [0.2, 0.25) is 5.88 Å². The van der Waals surface area contributed by atoms with Crippen molar-refractivity contribution >= 4 is 11.6 Å². The zero-order valence-corrected chi connectivity index (χ0v) is 13.3. The maximum Gasteiger partial charge on any atom is 0.216 e. The van der Waals surface area contributed by atoms with E-state index in [0.717, 1.165) is 22.7 Å². The van der Waals surface area contributed by atoms with Crippen LogP contribution in [0.2, 0.25) is 0 Å². The molecule has 0 aliphatic rings. The lowest BCUT2D eigenvalue weighted by Crippen LogP contribution is -2.22. The number of nitrogens with zero attached hydrogens (tertiary/aromatic N) is 3. The predicted octanol–water partition coefficient (Wildman–Crippen LogP) is 1.67. The maximum atomic E-state index is 5.91. The molecule has 0 aliphatic heterocycles. The number of ether oxygens (including phenoxy) is 2. The SMILES string of the molecule is COc1ccc(NC(N)=NCc2c(C)nn(C)c2OC)cc1. The highest BCUT2D eigenvalue weighted by atomic mass is 16.5. The number of nitrogens with one attached hydrogen (secondary N) is 1. The van der Waals surface area contributed by atoms with Crippen molar-refractivity contribution in [2.24, 2.45) is 17.8 Å². The van der Waals surface area contributed by atoms with Crippen LogP contribution in [0.5, 0.6) is 11.6 Å². The molecule has 0 saturated heterocycles. The van der Waals surface area contributed by atoms with Gasteiger partial charge in [0.05, 0.1) is 32.0 Å². The summed E-state index contributed by atoms with van der Waals surface area (Å²) in [4.78, 5) is 4.33. The van der Waals surface area contributed by atoms with E-state index in [1.54, 1.807) is 18.9 Å². The molecule has 22 heavy (non-hydrogen) atoms. The van der Waals surface area contributed by atoms with Crippen molar-refractivity contribution in [1.29, 1.82) is 0 Å². The zero-order chi connectivity index (χ0) is 16.1. The van der Waals surface area contributed by atoms with Crippen LogP contribution in [0.4, 0.5) is 5.69 Å². The van der Waals surface area contributed by atoms with Gasteiger partial charge in [-0.1, -0.05) is 0 Å². The smallest absolute Gasteiger partial charge is 0.216 e. The van der Waals surface area contributed by atoms with Crippen molar-refractivity contribution in [2.75, 3.05) is 19.5 Å². The predicted molar refractivity (Wildman–Crippen MR) is 86.4 cm³/mol. The second-order valence-electron chi connectivity index (χ2n) is 4.75. The summed E-state index contributed by atoms with van der Waals surface area (Å²) in [5, 5.41) is 7.34. The molecule has 7 heteroatoms. The molecule has 0 bridgehead atoms. The molecule has 0 unspecified atom stereocenters. The van der Waals surface area contributed by atoms with E-state index in [2.05, 4.69) is 15.4 Å². The first-order valence-electron chi connectivity index (χ1n) is 6.82. The number of aryl methyl sites for hydroxylation is 2. The van der Waals surface area contributed by atoms with Gasteiger partial charge in [0.25, 0.3) is 0 Å². The summed E-state index contributed by atoms with van der Waals surface area (Å²) in [5.74, 6) is 1.81. The van der Waals surface area contributed by atoms with Crippen LogP contribution in [0, 0.1) is 6.92 Å². The van der Waals surface area contributed by atoms with Crippen LogP contribution in [0.3, 0.4) is 0 Å². The normalized spacial score (nSPS) is 11.4. The molecule has 0 spiro atoms. The summed E-state index contributed by atoms with van der Waals surface area (Å²) in [6.07, 6.45) is 0. The van der Waals surface area contributed by atoms with E-state index in [1.807, 2.05) is 38.2 Å². The van der Waals surface area contributed by atoms with Gasteiger partial charge < -0.3 is 20.5 Å². The van der Waals surface area contributed by atoms with Gasteiger partial charge in [0.15, 0.2) is 5.96 Å². The summed E-state index contributed by atoms with van der Waals surface area (Å²) < 4.78 is 12.1. The average Bonchev–Trinajstić information content (AvgIpc) is 2.79. The number of aromatic nitrogens is 2. The molecule has 1 heterocycles. The largest absolute Gasteiger partial charge is 0.497 e. The Morgan fingerprint density at radius 3 is 2.55 bits per heavy atom. The van der Waals surface area contributed by atoms with Crippen molar-refractivity contribution < 1.29 is 9.47 Å². The monoisotopic (exact) mass is 303 g/mol. The Kier molecular flexibility index (Phi) is 4.88. The Hall–Kier alpha value is -2.70. The van der Waals surface area contributed by atoms with Crippen LogP contribution >= 0.6 is 0 Å². The third-order valence-electron chi connectivity index (χ3n) is 3.25. The third kappa shape index (κ3) is 3.49. The maximum absolute atomic E-state index is 5.91. The number of benzene rings is 1. The molecule has 3 N–H and O–H groups in total. The second kappa shape index (κ2) is 6.84. The Balaban J connectivity index is 2.06. The van der Waals surface area contributed by atoms with Gasteiger partial charge in [0, 0.05) is 12.7 Å². The quantitative estimate of drug-likeness (QED) is 0.648. The fourth-order valence-electron chi connectivity index (χ4n) is 2.14. The highest BCUT2D eigenvalue weighted by molar-refractivity contribution is 5.92. The van der Waals surface area contributed by atoms with Gasteiger partial charge in [-0.3, -0.25) is 0 Å². The Morgan fingerprint density at radius 1 is 1.27 bits per heavy atom. The second-order valence-corrected chi connectivity index (χ2v) is 4.75. The molecule has 0 aliphatic carbocycles. The number of nitrogens with two attached hydrogens (primary N) is 1. The molecule has 0 saturated carbocycles. The molecule has 0 radical (unpaired) electrons. The van der Waals surface area contributed by atoms with Crippen molar-refractivity contribution in [2.45, 2.75) is 13.5 Å². The lowest BCUT2D eigenvalue weighted by atomic mass is 10.2. The van der Waals surface area contributed by atoms with Crippen LogP contribution in [0.15, 0.2) is 29.3 Å². The molecule has 0 amide bonds.